The van der Waals surface area contributed by atoms with Gasteiger partial charge in [-0.3, -0.25) is 0 Å². The van der Waals surface area contributed by atoms with E-state index in [9.17, 15) is 4.79 Å². The number of nitrogens with one attached hydrogen (secondary N) is 2. The van der Waals surface area contributed by atoms with E-state index in [1.54, 1.807) is 19.4 Å². The third-order valence-corrected chi connectivity index (χ3v) is 3.50. The van der Waals surface area contributed by atoms with Gasteiger partial charge in [0.05, 0.1) is 19.8 Å². The van der Waals surface area contributed by atoms with Gasteiger partial charge in [-0.2, -0.15) is 0 Å². The minimum Gasteiger partial charge on any atom is -0.494 e. The van der Waals surface area contributed by atoms with Crippen LogP contribution in [-0.4, -0.2) is 24.7 Å². The van der Waals surface area contributed by atoms with Gasteiger partial charge >= 0.3 is 6.03 Å². The summed E-state index contributed by atoms with van der Waals surface area (Å²) in [7, 11) is 1.57. The molecule has 0 aliphatic carbocycles. The number of hydrogen-bond donors (Lipinski definition) is 2. The van der Waals surface area contributed by atoms with Crippen molar-refractivity contribution in [3.63, 3.8) is 0 Å². The topological polar surface area (TPSA) is 72.5 Å². The van der Waals surface area contributed by atoms with Crippen molar-refractivity contribution < 1.29 is 14.3 Å². The van der Waals surface area contributed by atoms with E-state index in [1.807, 2.05) is 44.2 Å². The van der Waals surface area contributed by atoms with Crippen molar-refractivity contribution in [3.05, 3.63) is 53.7 Å². The van der Waals surface area contributed by atoms with Crippen LogP contribution in [0, 0.1) is 0 Å². The van der Waals surface area contributed by atoms with Crippen LogP contribution in [0.2, 0.25) is 0 Å². The fourth-order valence-corrected chi connectivity index (χ4v) is 2.17. The van der Waals surface area contributed by atoms with Crippen LogP contribution in [0.15, 0.2) is 42.6 Å². The summed E-state index contributed by atoms with van der Waals surface area (Å²) in [5.41, 5.74) is 1.92. The van der Waals surface area contributed by atoms with Gasteiger partial charge in [0.25, 0.3) is 0 Å². The summed E-state index contributed by atoms with van der Waals surface area (Å²) < 4.78 is 10.4. The lowest BCUT2D eigenvalue weighted by molar-refractivity contribution is 0.237. The molecule has 1 atom stereocenters. The van der Waals surface area contributed by atoms with E-state index in [0.29, 0.717) is 19.0 Å². The first-order valence-corrected chi connectivity index (χ1v) is 7.88. The minimum atomic E-state index is -0.229. The van der Waals surface area contributed by atoms with Gasteiger partial charge in [0.15, 0.2) is 0 Å². The maximum absolute atomic E-state index is 12.0. The van der Waals surface area contributed by atoms with Crippen LogP contribution < -0.4 is 20.1 Å². The monoisotopic (exact) mass is 329 g/mol. The molecule has 1 aromatic carbocycles. The molecule has 0 spiro atoms. The lowest BCUT2D eigenvalue weighted by atomic mass is 10.1. The summed E-state index contributed by atoms with van der Waals surface area (Å²) in [5.74, 6) is 1.37. The lowest BCUT2D eigenvalue weighted by Gasteiger charge is -2.15. The Kier molecular flexibility index (Phi) is 6.42. The third-order valence-electron chi connectivity index (χ3n) is 3.50. The number of carbonyl (C=O) groups excluding carboxylic acids is 1. The second-order valence-corrected chi connectivity index (χ2v) is 5.26. The van der Waals surface area contributed by atoms with Gasteiger partial charge < -0.3 is 20.1 Å². The van der Waals surface area contributed by atoms with Crippen LogP contribution in [0.25, 0.3) is 0 Å². The first-order chi connectivity index (χ1) is 11.6. The average molecular weight is 329 g/mol. The number of amides is 2. The highest BCUT2D eigenvalue weighted by molar-refractivity contribution is 5.74. The molecule has 1 unspecified atom stereocenters. The first-order valence-electron chi connectivity index (χ1n) is 7.88. The van der Waals surface area contributed by atoms with Crippen LogP contribution in [0.1, 0.15) is 31.0 Å². The molecule has 0 saturated heterocycles. The summed E-state index contributed by atoms with van der Waals surface area (Å²) in [6.45, 7) is 4.92. The van der Waals surface area contributed by atoms with E-state index < -0.39 is 0 Å². The maximum Gasteiger partial charge on any atom is 0.315 e. The molecule has 0 fully saturated rings. The predicted octanol–water partition coefficient (Wildman–Crippen LogP) is 3.05. The maximum atomic E-state index is 12.0. The van der Waals surface area contributed by atoms with Crippen molar-refractivity contribution in [2.75, 3.05) is 13.7 Å². The number of rotatable bonds is 7. The van der Waals surface area contributed by atoms with Crippen LogP contribution in [-0.2, 0) is 6.54 Å². The fraction of sp³-hybridized carbons (Fsp3) is 0.333. The molecule has 1 aromatic heterocycles. The van der Waals surface area contributed by atoms with Crippen molar-refractivity contribution in [2.45, 2.75) is 26.4 Å². The fourth-order valence-electron chi connectivity index (χ4n) is 2.17. The molecule has 6 nitrogen and oxygen atoms in total. The third kappa shape index (κ3) is 5.15. The number of benzene rings is 1. The average Bonchev–Trinajstić information content (AvgIpc) is 2.61. The van der Waals surface area contributed by atoms with Crippen molar-refractivity contribution in [1.82, 2.24) is 15.6 Å². The summed E-state index contributed by atoms with van der Waals surface area (Å²) in [6.07, 6.45) is 1.68. The highest BCUT2D eigenvalue weighted by atomic mass is 16.5. The van der Waals surface area contributed by atoms with Crippen LogP contribution >= 0.6 is 0 Å². The molecule has 0 aliphatic rings. The number of nitrogens with zero attached hydrogens (tertiary/aromatic N) is 1. The number of aromatic nitrogens is 1. The van der Waals surface area contributed by atoms with Crippen molar-refractivity contribution in [2.24, 2.45) is 0 Å². The molecule has 128 valence electrons. The Bertz CT molecular complexity index is 642. The largest absolute Gasteiger partial charge is 0.494 e. The van der Waals surface area contributed by atoms with Gasteiger partial charge in [-0.25, -0.2) is 9.78 Å². The lowest BCUT2D eigenvalue weighted by Crippen LogP contribution is -2.36. The number of urea groups is 1. The van der Waals surface area contributed by atoms with E-state index in [-0.39, 0.29) is 12.1 Å². The second-order valence-electron chi connectivity index (χ2n) is 5.26. The van der Waals surface area contributed by atoms with Crippen molar-refractivity contribution in [3.8, 4) is 11.6 Å². The van der Waals surface area contributed by atoms with Crippen molar-refractivity contribution >= 4 is 6.03 Å². The summed E-state index contributed by atoms with van der Waals surface area (Å²) in [5, 5.41) is 5.72. The van der Waals surface area contributed by atoms with E-state index in [4.69, 9.17) is 9.47 Å². The highest BCUT2D eigenvalue weighted by Crippen LogP contribution is 2.17. The highest BCUT2D eigenvalue weighted by Gasteiger charge is 2.09. The van der Waals surface area contributed by atoms with Crippen molar-refractivity contribution in [1.29, 1.82) is 0 Å². The molecule has 2 amide bonds. The normalized spacial score (nSPS) is 11.5. The van der Waals surface area contributed by atoms with E-state index >= 15 is 0 Å². The SMILES string of the molecule is CCOc1ccc(C(C)NC(=O)NCc2ccc(OC)nc2)cc1. The molecule has 0 saturated carbocycles. The van der Waals surface area contributed by atoms with Crippen LogP contribution in [0.3, 0.4) is 0 Å². The smallest absolute Gasteiger partial charge is 0.315 e. The zero-order valence-electron chi connectivity index (χ0n) is 14.2. The molecule has 0 radical (unpaired) electrons. The zero-order valence-corrected chi connectivity index (χ0v) is 14.2. The van der Waals surface area contributed by atoms with E-state index in [2.05, 4.69) is 15.6 Å². The van der Waals surface area contributed by atoms with Gasteiger partial charge in [-0.05, 0) is 37.1 Å². The van der Waals surface area contributed by atoms with Gasteiger partial charge in [0.2, 0.25) is 5.88 Å². The number of hydrogen-bond acceptors (Lipinski definition) is 4. The Morgan fingerprint density at radius 3 is 2.54 bits per heavy atom. The van der Waals surface area contributed by atoms with Crippen LogP contribution in [0.5, 0.6) is 11.6 Å². The minimum absolute atomic E-state index is 0.102. The number of pyridine rings is 1. The Labute approximate surface area is 142 Å². The molecule has 6 heteroatoms. The van der Waals surface area contributed by atoms with Gasteiger partial charge in [0, 0.05) is 18.8 Å². The zero-order chi connectivity index (χ0) is 17.4. The van der Waals surface area contributed by atoms with Gasteiger partial charge in [0.1, 0.15) is 5.75 Å². The van der Waals surface area contributed by atoms with Gasteiger partial charge in [-0.15, -0.1) is 0 Å². The molecule has 0 aliphatic heterocycles. The number of ether oxygens (including phenoxy) is 2. The first kappa shape index (κ1) is 17.6. The number of methoxy groups -OCH3 is 1. The quantitative estimate of drug-likeness (QED) is 0.819. The molecule has 2 N–H and O–H groups in total. The predicted molar refractivity (Wildman–Crippen MR) is 92.2 cm³/mol. The molecule has 2 rings (SSSR count). The molecular weight excluding hydrogens is 306 g/mol. The summed E-state index contributed by atoms with van der Waals surface area (Å²) in [6, 6.07) is 11.0. The Hall–Kier alpha value is -2.76. The molecule has 0 bridgehead atoms. The van der Waals surface area contributed by atoms with E-state index in [1.165, 1.54) is 0 Å². The Morgan fingerprint density at radius 2 is 1.96 bits per heavy atom. The second kappa shape index (κ2) is 8.76. The van der Waals surface area contributed by atoms with E-state index in [0.717, 1.165) is 16.9 Å². The number of carbonyl (C=O) groups is 1. The molecule has 2 aromatic rings. The Balaban J connectivity index is 1.82. The summed E-state index contributed by atoms with van der Waals surface area (Å²) >= 11 is 0. The molecule has 1 heterocycles. The molecule has 24 heavy (non-hydrogen) atoms. The van der Waals surface area contributed by atoms with Gasteiger partial charge in [-0.1, -0.05) is 18.2 Å². The standard InChI is InChI=1S/C18H23N3O3/c1-4-24-16-8-6-15(7-9-16)13(2)21-18(22)20-12-14-5-10-17(23-3)19-11-14/h5-11,13H,4,12H2,1-3H3,(H2,20,21,22). The molecular formula is C18H23N3O3. The summed E-state index contributed by atoms with van der Waals surface area (Å²) in [4.78, 5) is 16.1. The Morgan fingerprint density at radius 1 is 1.21 bits per heavy atom. The van der Waals surface area contributed by atoms with Crippen LogP contribution in [0.4, 0.5) is 4.79 Å².